The van der Waals surface area contributed by atoms with Crippen molar-refractivity contribution >= 4 is 40.9 Å². The van der Waals surface area contributed by atoms with Gasteiger partial charge in [0.15, 0.2) is 0 Å². The van der Waals surface area contributed by atoms with E-state index in [0.29, 0.717) is 11.6 Å². The average Bonchev–Trinajstić information content (AvgIpc) is 2.71. The summed E-state index contributed by atoms with van der Waals surface area (Å²) in [7, 11) is 0. The first kappa shape index (κ1) is 23.5. The molecule has 3 amide bonds. The molecule has 30 heavy (non-hydrogen) atoms. The third kappa shape index (κ3) is 7.24. The molecule has 1 atom stereocenters. The highest BCUT2D eigenvalue weighted by molar-refractivity contribution is 6.36. The molecule has 160 valence electrons. The SMILES string of the molecule is CCOc1ccc(C(C)NC(=O)CNC(=O)CNC(=O)c2ccc(Cl)cc2Cl)cc1. The van der Waals surface area contributed by atoms with Gasteiger partial charge in [0.05, 0.1) is 36.3 Å². The summed E-state index contributed by atoms with van der Waals surface area (Å²) in [5, 5.41) is 8.28. The van der Waals surface area contributed by atoms with Crippen LogP contribution in [-0.2, 0) is 9.59 Å². The van der Waals surface area contributed by atoms with Crippen molar-refractivity contribution < 1.29 is 19.1 Å². The van der Waals surface area contributed by atoms with E-state index in [4.69, 9.17) is 27.9 Å². The fraction of sp³-hybridized carbons (Fsp3) is 0.286. The highest BCUT2D eigenvalue weighted by Crippen LogP contribution is 2.20. The molecule has 0 saturated carbocycles. The van der Waals surface area contributed by atoms with Crippen molar-refractivity contribution in [2.24, 2.45) is 0 Å². The number of benzene rings is 2. The predicted octanol–water partition coefficient (Wildman–Crippen LogP) is 3.12. The minimum atomic E-state index is -0.514. The molecular weight excluding hydrogens is 429 g/mol. The van der Waals surface area contributed by atoms with Crippen LogP contribution >= 0.6 is 23.2 Å². The zero-order valence-corrected chi connectivity index (χ0v) is 18.1. The molecule has 0 aromatic heterocycles. The Kier molecular flexibility index (Phi) is 8.95. The summed E-state index contributed by atoms with van der Waals surface area (Å²) < 4.78 is 5.39. The fourth-order valence-corrected chi connectivity index (χ4v) is 3.06. The molecule has 1 unspecified atom stereocenters. The van der Waals surface area contributed by atoms with Gasteiger partial charge in [-0.05, 0) is 49.7 Å². The van der Waals surface area contributed by atoms with Gasteiger partial charge in [-0.3, -0.25) is 14.4 Å². The first-order valence-electron chi connectivity index (χ1n) is 9.32. The normalized spacial score (nSPS) is 11.3. The highest BCUT2D eigenvalue weighted by atomic mass is 35.5. The molecule has 2 aromatic carbocycles. The van der Waals surface area contributed by atoms with Gasteiger partial charge >= 0.3 is 0 Å². The highest BCUT2D eigenvalue weighted by Gasteiger charge is 2.14. The number of nitrogens with one attached hydrogen (secondary N) is 3. The predicted molar refractivity (Wildman–Crippen MR) is 116 cm³/mol. The summed E-state index contributed by atoms with van der Waals surface area (Å²) >= 11 is 11.8. The van der Waals surface area contributed by atoms with E-state index in [0.717, 1.165) is 11.3 Å². The molecule has 0 aliphatic rings. The third-order valence-corrected chi connectivity index (χ3v) is 4.65. The second kappa shape index (κ2) is 11.4. The summed E-state index contributed by atoms with van der Waals surface area (Å²) in [6.45, 7) is 3.82. The van der Waals surface area contributed by atoms with Crippen LogP contribution < -0.4 is 20.7 Å². The smallest absolute Gasteiger partial charge is 0.253 e. The van der Waals surface area contributed by atoms with E-state index in [-0.39, 0.29) is 35.6 Å². The van der Waals surface area contributed by atoms with E-state index in [1.165, 1.54) is 18.2 Å². The number of hydrogen-bond donors (Lipinski definition) is 3. The Morgan fingerprint density at radius 3 is 2.27 bits per heavy atom. The molecule has 7 nitrogen and oxygen atoms in total. The first-order chi connectivity index (χ1) is 14.3. The van der Waals surface area contributed by atoms with Gasteiger partial charge in [-0.1, -0.05) is 35.3 Å². The molecular formula is C21H23Cl2N3O4. The van der Waals surface area contributed by atoms with Gasteiger partial charge in [0.25, 0.3) is 5.91 Å². The summed E-state index contributed by atoms with van der Waals surface area (Å²) in [5.74, 6) is -0.608. The Morgan fingerprint density at radius 2 is 1.63 bits per heavy atom. The average molecular weight is 452 g/mol. The van der Waals surface area contributed by atoms with Crippen LogP contribution in [0.1, 0.15) is 35.8 Å². The lowest BCUT2D eigenvalue weighted by Crippen LogP contribution is -2.42. The van der Waals surface area contributed by atoms with Crippen LogP contribution in [0.2, 0.25) is 10.0 Å². The Labute approximate surface area is 185 Å². The van der Waals surface area contributed by atoms with E-state index in [1.54, 1.807) is 0 Å². The van der Waals surface area contributed by atoms with E-state index >= 15 is 0 Å². The zero-order chi connectivity index (χ0) is 22.1. The van der Waals surface area contributed by atoms with Gasteiger partial charge in [-0.15, -0.1) is 0 Å². The molecule has 9 heteroatoms. The summed E-state index contributed by atoms with van der Waals surface area (Å²) in [4.78, 5) is 36.1. The van der Waals surface area contributed by atoms with Crippen molar-refractivity contribution in [2.45, 2.75) is 19.9 Å². The van der Waals surface area contributed by atoms with Crippen LogP contribution in [0.25, 0.3) is 0 Å². The second-order valence-electron chi connectivity index (χ2n) is 6.37. The number of carbonyl (C=O) groups is 3. The van der Waals surface area contributed by atoms with Crippen molar-refractivity contribution in [3.8, 4) is 5.75 Å². The lowest BCUT2D eigenvalue weighted by Gasteiger charge is -2.15. The number of ether oxygens (including phenoxy) is 1. The number of carbonyl (C=O) groups excluding carboxylic acids is 3. The van der Waals surface area contributed by atoms with E-state index < -0.39 is 11.8 Å². The second-order valence-corrected chi connectivity index (χ2v) is 7.22. The first-order valence-corrected chi connectivity index (χ1v) is 10.1. The molecule has 0 fully saturated rings. The van der Waals surface area contributed by atoms with E-state index in [9.17, 15) is 14.4 Å². The quantitative estimate of drug-likeness (QED) is 0.545. The number of amides is 3. The monoisotopic (exact) mass is 451 g/mol. The van der Waals surface area contributed by atoms with Gasteiger partial charge in [0.2, 0.25) is 11.8 Å². The zero-order valence-electron chi connectivity index (χ0n) is 16.6. The lowest BCUT2D eigenvalue weighted by atomic mass is 10.1. The number of halogens is 2. The van der Waals surface area contributed by atoms with Crippen LogP contribution in [0.15, 0.2) is 42.5 Å². The molecule has 0 aliphatic carbocycles. The van der Waals surface area contributed by atoms with Gasteiger partial charge < -0.3 is 20.7 Å². The van der Waals surface area contributed by atoms with Crippen molar-refractivity contribution in [3.63, 3.8) is 0 Å². The fourth-order valence-electron chi connectivity index (χ4n) is 2.57. The van der Waals surface area contributed by atoms with E-state index in [2.05, 4.69) is 16.0 Å². The van der Waals surface area contributed by atoms with Gasteiger partial charge in [0.1, 0.15) is 5.75 Å². The standard InChI is InChI=1S/C21H23Cl2N3O4/c1-3-30-16-7-4-14(5-8-16)13(2)26-20(28)12-24-19(27)11-25-21(29)17-9-6-15(22)10-18(17)23/h4-10,13H,3,11-12H2,1-2H3,(H,24,27)(H,25,29)(H,26,28). The Balaban J connectivity index is 1.74. The van der Waals surface area contributed by atoms with Gasteiger partial charge in [0, 0.05) is 5.02 Å². The summed E-state index contributed by atoms with van der Waals surface area (Å²) in [6, 6.07) is 11.6. The molecule has 2 rings (SSSR count). The lowest BCUT2D eigenvalue weighted by molar-refractivity contribution is -0.125. The van der Waals surface area contributed by atoms with Crippen molar-refractivity contribution in [3.05, 3.63) is 63.6 Å². The van der Waals surface area contributed by atoms with Crippen molar-refractivity contribution in [1.82, 2.24) is 16.0 Å². The van der Waals surface area contributed by atoms with Gasteiger partial charge in [-0.2, -0.15) is 0 Å². The summed E-state index contributed by atoms with van der Waals surface area (Å²) in [5.41, 5.74) is 1.11. The Bertz CT molecular complexity index is 904. The Hall–Kier alpha value is -2.77. The van der Waals surface area contributed by atoms with Crippen LogP contribution in [0.5, 0.6) is 5.75 Å². The minimum absolute atomic E-state index is 0.183. The van der Waals surface area contributed by atoms with Gasteiger partial charge in [-0.25, -0.2) is 0 Å². The van der Waals surface area contributed by atoms with Crippen LogP contribution in [0.3, 0.4) is 0 Å². The topological polar surface area (TPSA) is 96.5 Å². The molecule has 0 heterocycles. The third-order valence-electron chi connectivity index (χ3n) is 4.10. The maximum atomic E-state index is 12.1. The maximum absolute atomic E-state index is 12.1. The largest absolute Gasteiger partial charge is 0.494 e. The molecule has 0 aliphatic heterocycles. The maximum Gasteiger partial charge on any atom is 0.253 e. The molecule has 0 radical (unpaired) electrons. The molecule has 3 N–H and O–H groups in total. The molecule has 0 bridgehead atoms. The Morgan fingerprint density at radius 1 is 0.967 bits per heavy atom. The van der Waals surface area contributed by atoms with Crippen molar-refractivity contribution in [1.29, 1.82) is 0 Å². The number of hydrogen-bond acceptors (Lipinski definition) is 4. The van der Waals surface area contributed by atoms with Crippen molar-refractivity contribution in [2.75, 3.05) is 19.7 Å². The minimum Gasteiger partial charge on any atom is -0.494 e. The molecule has 0 spiro atoms. The molecule has 0 saturated heterocycles. The van der Waals surface area contributed by atoms with Crippen LogP contribution in [0.4, 0.5) is 0 Å². The molecule has 2 aromatic rings. The van der Waals surface area contributed by atoms with Crippen LogP contribution in [0, 0.1) is 0 Å². The summed E-state index contributed by atoms with van der Waals surface area (Å²) in [6.07, 6.45) is 0. The van der Waals surface area contributed by atoms with Crippen LogP contribution in [-0.4, -0.2) is 37.4 Å². The van der Waals surface area contributed by atoms with E-state index in [1.807, 2.05) is 38.1 Å². The number of rotatable bonds is 9.